The summed E-state index contributed by atoms with van der Waals surface area (Å²) >= 11 is 0. The Bertz CT molecular complexity index is 471. The molecule has 5 nitrogen and oxygen atoms in total. The van der Waals surface area contributed by atoms with Gasteiger partial charge in [-0.15, -0.1) is 0 Å². The van der Waals surface area contributed by atoms with E-state index in [2.05, 4.69) is 39.6 Å². The molecule has 0 aromatic heterocycles. The van der Waals surface area contributed by atoms with Crippen LogP contribution in [0, 0.1) is 0 Å². The number of benzene rings is 1. The van der Waals surface area contributed by atoms with Crippen LogP contribution in [-0.2, 0) is 11.3 Å². The van der Waals surface area contributed by atoms with Gasteiger partial charge in [0.15, 0.2) is 0 Å². The van der Waals surface area contributed by atoms with Gasteiger partial charge in [-0.1, -0.05) is 24.6 Å². The quantitative estimate of drug-likeness (QED) is 0.739. The van der Waals surface area contributed by atoms with Crippen LogP contribution in [0.4, 0.5) is 0 Å². The Morgan fingerprint density at radius 1 is 1.00 bits per heavy atom. The van der Waals surface area contributed by atoms with Gasteiger partial charge in [0, 0.05) is 31.7 Å². The van der Waals surface area contributed by atoms with E-state index in [0.717, 1.165) is 58.2 Å². The predicted molar refractivity (Wildman–Crippen MR) is 96.1 cm³/mol. The SMILES string of the molecule is c1ccc(OCCCN2CCCCC2)c(CNN2CCOCC2)c1. The van der Waals surface area contributed by atoms with Gasteiger partial charge in [-0.2, -0.15) is 0 Å². The molecule has 0 bridgehead atoms. The first kappa shape index (κ1) is 17.7. The predicted octanol–water partition coefficient (Wildman–Crippen LogP) is 2.28. The molecular weight excluding hydrogens is 302 g/mol. The van der Waals surface area contributed by atoms with Gasteiger partial charge in [0.1, 0.15) is 5.75 Å². The Kier molecular flexibility index (Phi) is 7.36. The molecule has 2 aliphatic heterocycles. The largest absolute Gasteiger partial charge is 0.493 e. The highest BCUT2D eigenvalue weighted by Crippen LogP contribution is 2.18. The maximum absolute atomic E-state index is 6.06. The third-order valence-corrected chi connectivity index (χ3v) is 4.80. The van der Waals surface area contributed by atoms with E-state index in [1.54, 1.807) is 0 Å². The summed E-state index contributed by atoms with van der Waals surface area (Å²) in [4.78, 5) is 2.57. The molecule has 0 amide bonds. The van der Waals surface area contributed by atoms with Crippen molar-refractivity contribution in [2.75, 3.05) is 52.5 Å². The summed E-state index contributed by atoms with van der Waals surface area (Å²) in [6.07, 6.45) is 5.22. The van der Waals surface area contributed by atoms with Crippen LogP contribution >= 0.6 is 0 Å². The standard InChI is InChI=1S/C19H31N3O2/c1-4-9-21(10-5-1)11-6-14-24-19-8-3-2-7-18(19)17-20-22-12-15-23-16-13-22/h2-3,7-8,20H,1,4-6,9-17H2. The number of nitrogens with zero attached hydrogens (tertiary/aromatic N) is 2. The molecule has 1 aromatic carbocycles. The molecule has 0 aliphatic carbocycles. The zero-order chi connectivity index (χ0) is 16.5. The molecule has 0 unspecified atom stereocenters. The molecule has 2 aliphatic rings. The molecule has 2 saturated heterocycles. The molecule has 0 spiro atoms. The fraction of sp³-hybridized carbons (Fsp3) is 0.684. The molecule has 2 fully saturated rings. The van der Waals surface area contributed by atoms with Crippen molar-refractivity contribution < 1.29 is 9.47 Å². The summed E-state index contributed by atoms with van der Waals surface area (Å²) in [5.41, 5.74) is 4.71. The normalized spacial score (nSPS) is 20.2. The van der Waals surface area contributed by atoms with Crippen molar-refractivity contribution in [2.45, 2.75) is 32.2 Å². The summed E-state index contributed by atoms with van der Waals surface area (Å²) in [6.45, 7) is 8.79. The number of piperidine rings is 1. The maximum Gasteiger partial charge on any atom is 0.123 e. The third kappa shape index (κ3) is 5.74. The smallest absolute Gasteiger partial charge is 0.123 e. The highest BCUT2D eigenvalue weighted by molar-refractivity contribution is 5.33. The average molecular weight is 333 g/mol. The van der Waals surface area contributed by atoms with Crippen molar-refractivity contribution in [3.8, 4) is 5.75 Å². The van der Waals surface area contributed by atoms with Gasteiger partial charge in [-0.25, -0.2) is 5.01 Å². The first-order valence-electron chi connectivity index (χ1n) is 9.41. The van der Waals surface area contributed by atoms with Gasteiger partial charge in [-0.05, 0) is 38.4 Å². The lowest BCUT2D eigenvalue weighted by molar-refractivity contribution is 0.0104. The van der Waals surface area contributed by atoms with E-state index in [1.165, 1.54) is 37.9 Å². The van der Waals surface area contributed by atoms with Crippen molar-refractivity contribution in [3.63, 3.8) is 0 Å². The maximum atomic E-state index is 6.06. The van der Waals surface area contributed by atoms with Crippen LogP contribution in [0.3, 0.4) is 0 Å². The van der Waals surface area contributed by atoms with Crippen LogP contribution in [0.25, 0.3) is 0 Å². The molecule has 1 aromatic rings. The number of para-hydroxylation sites is 1. The third-order valence-electron chi connectivity index (χ3n) is 4.80. The Morgan fingerprint density at radius 3 is 2.62 bits per heavy atom. The summed E-state index contributed by atoms with van der Waals surface area (Å²) in [5.74, 6) is 1.01. The average Bonchev–Trinajstić information content (AvgIpc) is 2.66. The Labute approximate surface area is 145 Å². The molecule has 5 heteroatoms. The second-order valence-electron chi connectivity index (χ2n) is 6.65. The van der Waals surface area contributed by atoms with E-state index in [9.17, 15) is 0 Å². The van der Waals surface area contributed by atoms with Crippen LogP contribution in [0.2, 0.25) is 0 Å². The van der Waals surface area contributed by atoms with Gasteiger partial charge in [-0.3, -0.25) is 5.43 Å². The zero-order valence-electron chi connectivity index (χ0n) is 14.7. The number of hydrogen-bond donors (Lipinski definition) is 1. The van der Waals surface area contributed by atoms with Crippen LogP contribution in [0.5, 0.6) is 5.75 Å². The van der Waals surface area contributed by atoms with E-state index < -0.39 is 0 Å². The number of hydrazine groups is 1. The minimum atomic E-state index is 0.797. The van der Waals surface area contributed by atoms with E-state index in [1.807, 2.05) is 0 Å². The van der Waals surface area contributed by atoms with Crippen LogP contribution in [0.1, 0.15) is 31.2 Å². The number of morpholine rings is 1. The molecule has 0 saturated carbocycles. The van der Waals surface area contributed by atoms with Crippen molar-refractivity contribution in [3.05, 3.63) is 29.8 Å². The van der Waals surface area contributed by atoms with Crippen molar-refractivity contribution in [1.82, 2.24) is 15.3 Å². The minimum absolute atomic E-state index is 0.797. The highest BCUT2D eigenvalue weighted by Gasteiger charge is 2.12. The van der Waals surface area contributed by atoms with Crippen LogP contribution in [-0.4, -0.2) is 62.5 Å². The first-order valence-corrected chi connectivity index (χ1v) is 9.41. The van der Waals surface area contributed by atoms with E-state index in [4.69, 9.17) is 9.47 Å². The molecule has 0 atom stereocenters. The Hall–Kier alpha value is -1.14. The lowest BCUT2D eigenvalue weighted by atomic mass is 10.1. The lowest BCUT2D eigenvalue weighted by Gasteiger charge is -2.27. The molecule has 0 radical (unpaired) electrons. The number of likely N-dealkylation sites (tertiary alicyclic amines) is 1. The van der Waals surface area contributed by atoms with E-state index in [-0.39, 0.29) is 0 Å². The first-order chi connectivity index (χ1) is 11.9. The monoisotopic (exact) mass is 333 g/mol. The number of ether oxygens (including phenoxy) is 2. The zero-order valence-corrected chi connectivity index (χ0v) is 14.7. The molecule has 134 valence electrons. The molecule has 1 N–H and O–H groups in total. The van der Waals surface area contributed by atoms with Gasteiger partial charge in [0.05, 0.1) is 19.8 Å². The number of nitrogens with one attached hydrogen (secondary N) is 1. The number of hydrogen-bond acceptors (Lipinski definition) is 5. The Morgan fingerprint density at radius 2 is 1.79 bits per heavy atom. The summed E-state index contributed by atoms with van der Waals surface area (Å²) in [5, 5.41) is 2.23. The molecule has 2 heterocycles. The van der Waals surface area contributed by atoms with E-state index >= 15 is 0 Å². The minimum Gasteiger partial charge on any atom is -0.493 e. The van der Waals surface area contributed by atoms with Crippen LogP contribution < -0.4 is 10.2 Å². The van der Waals surface area contributed by atoms with Gasteiger partial charge in [0.2, 0.25) is 0 Å². The lowest BCUT2D eigenvalue weighted by Crippen LogP contribution is -2.45. The second-order valence-corrected chi connectivity index (χ2v) is 6.65. The van der Waals surface area contributed by atoms with Gasteiger partial charge >= 0.3 is 0 Å². The molecule has 24 heavy (non-hydrogen) atoms. The van der Waals surface area contributed by atoms with Gasteiger partial charge < -0.3 is 14.4 Å². The summed E-state index contributed by atoms with van der Waals surface area (Å²) < 4.78 is 11.4. The molecular formula is C19H31N3O2. The highest BCUT2D eigenvalue weighted by atomic mass is 16.5. The van der Waals surface area contributed by atoms with Crippen molar-refractivity contribution in [2.24, 2.45) is 0 Å². The van der Waals surface area contributed by atoms with Crippen molar-refractivity contribution >= 4 is 0 Å². The van der Waals surface area contributed by atoms with E-state index in [0.29, 0.717) is 0 Å². The topological polar surface area (TPSA) is 37.0 Å². The summed E-state index contributed by atoms with van der Waals surface area (Å²) in [7, 11) is 0. The second kappa shape index (κ2) is 9.99. The van der Waals surface area contributed by atoms with Crippen LogP contribution in [0.15, 0.2) is 24.3 Å². The number of rotatable bonds is 8. The van der Waals surface area contributed by atoms with Gasteiger partial charge in [0.25, 0.3) is 0 Å². The fourth-order valence-electron chi connectivity index (χ4n) is 3.36. The fourth-order valence-corrected chi connectivity index (χ4v) is 3.36. The summed E-state index contributed by atoms with van der Waals surface area (Å²) in [6, 6.07) is 8.36. The Balaban J connectivity index is 1.39. The van der Waals surface area contributed by atoms with Crippen molar-refractivity contribution in [1.29, 1.82) is 0 Å². The molecule has 3 rings (SSSR count).